The molecule has 1 aromatic rings. The molecule has 0 fully saturated rings. The maximum atomic E-state index is 8.61. The molecule has 0 aliphatic heterocycles. The fourth-order valence-corrected chi connectivity index (χ4v) is 2.85. The van der Waals surface area contributed by atoms with Crippen molar-refractivity contribution in [3.63, 3.8) is 0 Å². The normalized spacial score (nSPS) is 12.2. The molecule has 1 aromatic carbocycles. The monoisotopic (exact) mass is 257 g/mol. The highest BCUT2D eigenvalue weighted by Gasteiger charge is 2.07. The largest absolute Gasteiger partial charge is 0.192 e. The van der Waals surface area contributed by atoms with Gasteiger partial charge in [-0.05, 0) is 45.0 Å². The summed E-state index contributed by atoms with van der Waals surface area (Å²) >= 11 is 3.67. The predicted octanol–water partition coefficient (Wildman–Crippen LogP) is 3.43. The fraction of sp³-hybridized carbons (Fsp3) is 0.300. The molecule has 0 amide bonds. The van der Waals surface area contributed by atoms with E-state index >= 15 is 0 Å². The molecular weight excluding hydrogens is 246 g/mol. The van der Waals surface area contributed by atoms with Crippen LogP contribution in [0.2, 0.25) is 0 Å². The Morgan fingerprint density at radius 3 is 2.23 bits per heavy atom. The number of hydrogen-bond acceptors (Lipinski definition) is 1. The molecule has 3 heteroatoms. The first kappa shape index (κ1) is 10.6. The van der Waals surface area contributed by atoms with E-state index in [4.69, 9.17) is 5.26 Å². The van der Waals surface area contributed by atoms with Crippen molar-refractivity contribution in [2.75, 3.05) is 12.5 Å². The van der Waals surface area contributed by atoms with Gasteiger partial charge >= 0.3 is 0 Å². The maximum absolute atomic E-state index is 8.61. The van der Waals surface area contributed by atoms with Gasteiger partial charge in [-0.3, -0.25) is 0 Å². The molecule has 0 N–H and O–H groups in total. The van der Waals surface area contributed by atoms with Crippen LogP contribution >= 0.6 is 23.3 Å². The van der Waals surface area contributed by atoms with E-state index in [0.29, 0.717) is 0 Å². The number of nitriles is 1. The second-order valence-electron chi connectivity index (χ2n) is 3.36. The van der Waals surface area contributed by atoms with Gasteiger partial charge < -0.3 is 0 Å². The fourth-order valence-electron chi connectivity index (χ4n) is 1.07. The first-order valence-electron chi connectivity index (χ1n) is 3.91. The summed E-state index contributed by atoms with van der Waals surface area (Å²) < 4.78 is 0. The van der Waals surface area contributed by atoms with Crippen molar-refractivity contribution >= 4 is 23.3 Å². The lowest BCUT2D eigenvalue weighted by Crippen LogP contribution is -1.91. The second-order valence-corrected chi connectivity index (χ2v) is 11.7. The third-order valence-electron chi connectivity index (χ3n) is 1.59. The predicted molar refractivity (Wildman–Crippen MR) is 63.2 cm³/mol. The van der Waals surface area contributed by atoms with Gasteiger partial charge in [0.05, 0.1) is 11.6 Å². The zero-order chi connectivity index (χ0) is 9.90. The lowest BCUT2D eigenvalue weighted by molar-refractivity contribution is 1.39. The standard InChI is InChI=1S/C10H12BrNS/c1-13(2,11)8-10-5-3-9(7-12)4-6-10/h3-6H,8H2,1-2H3. The SMILES string of the molecule is CS(C)(Br)Cc1ccc(C#N)cc1. The molecule has 1 nitrogen and oxygen atoms in total. The highest BCUT2D eigenvalue weighted by molar-refractivity contribution is 9.57. The number of halogens is 1. The van der Waals surface area contributed by atoms with Crippen molar-refractivity contribution in [3.05, 3.63) is 35.4 Å². The van der Waals surface area contributed by atoms with Crippen LogP contribution in [0.1, 0.15) is 11.1 Å². The Hall–Kier alpha value is -0.460. The Kier molecular flexibility index (Phi) is 3.40. The van der Waals surface area contributed by atoms with E-state index in [0.717, 1.165) is 11.3 Å². The Labute approximate surface area is 88.3 Å². The van der Waals surface area contributed by atoms with Crippen molar-refractivity contribution in [1.82, 2.24) is 0 Å². The minimum absolute atomic E-state index is 0.667. The minimum Gasteiger partial charge on any atom is -0.192 e. The Balaban J connectivity index is 2.77. The zero-order valence-corrected chi connectivity index (χ0v) is 10.2. The van der Waals surface area contributed by atoms with Crippen LogP contribution < -0.4 is 0 Å². The van der Waals surface area contributed by atoms with E-state index in [1.54, 1.807) is 0 Å². The summed E-state index contributed by atoms with van der Waals surface area (Å²) in [6.07, 6.45) is 4.43. The van der Waals surface area contributed by atoms with Crippen LogP contribution in [0.4, 0.5) is 0 Å². The van der Waals surface area contributed by atoms with Crippen molar-refractivity contribution in [1.29, 1.82) is 5.26 Å². The average molecular weight is 258 g/mol. The van der Waals surface area contributed by atoms with Crippen molar-refractivity contribution in [3.8, 4) is 6.07 Å². The Morgan fingerprint density at radius 2 is 1.85 bits per heavy atom. The highest BCUT2D eigenvalue weighted by atomic mass is 79.9. The summed E-state index contributed by atoms with van der Waals surface area (Å²) in [6, 6.07) is 9.89. The van der Waals surface area contributed by atoms with Crippen LogP contribution in [0, 0.1) is 11.3 Å². The zero-order valence-electron chi connectivity index (χ0n) is 7.75. The molecule has 0 saturated heterocycles. The molecular formula is C10H12BrNS. The molecule has 0 atom stereocenters. The van der Waals surface area contributed by atoms with Gasteiger partial charge in [-0.25, -0.2) is 0 Å². The Bertz CT molecular complexity index is 318. The molecule has 0 radical (unpaired) electrons. The molecule has 0 spiro atoms. The molecule has 0 unspecified atom stereocenters. The number of benzene rings is 1. The molecule has 0 saturated carbocycles. The van der Waals surface area contributed by atoms with Crippen LogP contribution in [0.5, 0.6) is 0 Å². The summed E-state index contributed by atoms with van der Waals surface area (Å²) in [5, 5.41) is 8.61. The van der Waals surface area contributed by atoms with Crippen molar-refractivity contribution in [2.45, 2.75) is 5.75 Å². The van der Waals surface area contributed by atoms with E-state index in [9.17, 15) is 0 Å². The van der Waals surface area contributed by atoms with Crippen LogP contribution in [0.3, 0.4) is 0 Å². The third-order valence-corrected chi connectivity index (χ3v) is 3.30. The number of nitrogens with zero attached hydrogens (tertiary/aromatic N) is 1. The average Bonchev–Trinajstić information content (AvgIpc) is 2.03. The van der Waals surface area contributed by atoms with Crippen LogP contribution in [0.25, 0.3) is 0 Å². The van der Waals surface area contributed by atoms with E-state index in [1.807, 2.05) is 24.3 Å². The van der Waals surface area contributed by atoms with Crippen LogP contribution in [-0.4, -0.2) is 12.5 Å². The lowest BCUT2D eigenvalue weighted by Gasteiger charge is -2.22. The molecule has 0 bridgehead atoms. The van der Waals surface area contributed by atoms with Gasteiger partial charge in [-0.15, -0.1) is 0 Å². The summed E-state index contributed by atoms with van der Waals surface area (Å²) in [7, 11) is -0.667. The van der Waals surface area contributed by atoms with Gasteiger partial charge in [0.2, 0.25) is 0 Å². The smallest absolute Gasteiger partial charge is 0.0991 e. The number of rotatable bonds is 2. The van der Waals surface area contributed by atoms with Gasteiger partial charge in [-0.1, -0.05) is 12.1 Å². The maximum Gasteiger partial charge on any atom is 0.0991 e. The summed E-state index contributed by atoms with van der Waals surface area (Å²) in [6.45, 7) is 0. The number of hydrogen-bond donors (Lipinski definition) is 0. The second kappa shape index (κ2) is 4.17. The minimum atomic E-state index is -0.667. The summed E-state index contributed by atoms with van der Waals surface area (Å²) in [5.74, 6) is 1.05. The van der Waals surface area contributed by atoms with Crippen molar-refractivity contribution in [2.24, 2.45) is 0 Å². The molecule has 1 rings (SSSR count). The molecule has 0 heterocycles. The van der Waals surface area contributed by atoms with E-state index in [2.05, 4.69) is 33.4 Å². The van der Waals surface area contributed by atoms with Gasteiger partial charge in [0, 0.05) is 5.75 Å². The molecule has 0 aliphatic carbocycles. The topological polar surface area (TPSA) is 23.8 Å². The van der Waals surface area contributed by atoms with E-state index < -0.39 is 8.46 Å². The summed E-state index contributed by atoms with van der Waals surface area (Å²) in [5.41, 5.74) is 2.02. The molecule has 13 heavy (non-hydrogen) atoms. The van der Waals surface area contributed by atoms with Gasteiger partial charge in [0.15, 0.2) is 0 Å². The Morgan fingerprint density at radius 1 is 1.31 bits per heavy atom. The van der Waals surface area contributed by atoms with E-state index in [-0.39, 0.29) is 0 Å². The quantitative estimate of drug-likeness (QED) is 0.797. The highest BCUT2D eigenvalue weighted by Crippen LogP contribution is 2.51. The van der Waals surface area contributed by atoms with Gasteiger partial charge in [0.1, 0.15) is 0 Å². The van der Waals surface area contributed by atoms with Crippen LogP contribution in [0.15, 0.2) is 24.3 Å². The van der Waals surface area contributed by atoms with Crippen molar-refractivity contribution < 1.29 is 0 Å². The molecule has 0 aliphatic rings. The first-order chi connectivity index (χ1) is 6.01. The van der Waals surface area contributed by atoms with E-state index in [1.165, 1.54) is 5.56 Å². The third kappa shape index (κ3) is 3.84. The molecule has 70 valence electrons. The first-order valence-corrected chi connectivity index (χ1v) is 8.37. The summed E-state index contributed by atoms with van der Waals surface area (Å²) in [4.78, 5) is 0. The van der Waals surface area contributed by atoms with Gasteiger partial charge in [-0.2, -0.15) is 13.7 Å². The molecule has 0 aromatic heterocycles. The van der Waals surface area contributed by atoms with Crippen LogP contribution in [-0.2, 0) is 5.75 Å². The lowest BCUT2D eigenvalue weighted by atomic mass is 10.2. The van der Waals surface area contributed by atoms with Gasteiger partial charge in [0.25, 0.3) is 0 Å².